The second kappa shape index (κ2) is 5.81. The van der Waals surface area contributed by atoms with E-state index >= 15 is 0 Å². The van der Waals surface area contributed by atoms with Crippen molar-refractivity contribution in [1.29, 1.82) is 0 Å². The van der Waals surface area contributed by atoms with Gasteiger partial charge in [-0.15, -0.1) is 0 Å². The highest BCUT2D eigenvalue weighted by Gasteiger charge is 2.24. The van der Waals surface area contributed by atoms with Gasteiger partial charge < -0.3 is 15.5 Å². The molecule has 0 aromatic heterocycles. The Morgan fingerprint density at radius 2 is 2.44 bits per heavy atom. The van der Waals surface area contributed by atoms with E-state index < -0.39 is 6.10 Å². The molecular formula is C10H19N3O3. The number of hydrogen-bond donors (Lipinski definition) is 3. The predicted molar refractivity (Wildman–Crippen MR) is 60.4 cm³/mol. The average Bonchev–Trinajstić information content (AvgIpc) is 2.57. The monoisotopic (exact) mass is 229 g/mol. The summed E-state index contributed by atoms with van der Waals surface area (Å²) in [4.78, 5) is 17.5. The highest BCUT2D eigenvalue weighted by atomic mass is 16.3. The third-order valence-electron chi connectivity index (χ3n) is 2.45. The second-order valence-electron chi connectivity index (χ2n) is 3.99. The number of hydrogen-bond acceptors (Lipinski definition) is 4. The fourth-order valence-corrected chi connectivity index (χ4v) is 1.59. The number of carbonyl (C=O) groups excluding carboxylic acids is 1. The molecule has 1 unspecified atom stereocenters. The number of nitrogens with one attached hydrogen (secondary N) is 1. The summed E-state index contributed by atoms with van der Waals surface area (Å²) >= 11 is 0. The first kappa shape index (κ1) is 12.9. The van der Waals surface area contributed by atoms with E-state index in [1.807, 2.05) is 6.92 Å². The zero-order valence-electron chi connectivity index (χ0n) is 9.68. The zero-order chi connectivity index (χ0) is 12.1. The zero-order valence-corrected chi connectivity index (χ0v) is 9.68. The summed E-state index contributed by atoms with van der Waals surface area (Å²) in [6, 6.07) is -0.0514. The van der Waals surface area contributed by atoms with Crippen LogP contribution in [-0.2, 0) is 0 Å². The van der Waals surface area contributed by atoms with Gasteiger partial charge in [-0.2, -0.15) is 0 Å². The normalized spacial score (nSPS) is 21.9. The van der Waals surface area contributed by atoms with Crippen molar-refractivity contribution in [3.8, 4) is 0 Å². The van der Waals surface area contributed by atoms with Crippen LogP contribution in [0, 0.1) is 0 Å². The molecule has 1 heterocycles. The maximum absolute atomic E-state index is 11.7. The molecule has 6 heteroatoms. The van der Waals surface area contributed by atoms with Crippen molar-refractivity contribution in [2.75, 3.05) is 19.7 Å². The number of urea groups is 1. The lowest BCUT2D eigenvalue weighted by molar-refractivity contribution is 0.0886. The fraction of sp³-hybridized carbons (Fsp3) is 0.800. The van der Waals surface area contributed by atoms with E-state index in [0.717, 1.165) is 0 Å². The Labute approximate surface area is 95.0 Å². The van der Waals surface area contributed by atoms with Gasteiger partial charge in [-0.3, -0.25) is 9.89 Å². The van der Waals surface area contributed by atoms with Gasteiger partial charge in [0, 0.05) is 6.54 Å². The third-order valence-corrected chi connectivity index (χ3v) is 2.45. The van der Waals surface area contributed by atoms with Crippen molar-refractivity contribution < 1.29 is 15.0 Å². The van der Waals surface area contributed by atoms with Crippen molar-refractivity contribution in [1.82, 2.24) is 10.2 Å². The molecule has 0 spiro atoms. The summed E-state index contributed by atoms with van der Waals surface area (Å²) in [5, 5.41) is 20.4. The molecule has 1 rings (SSSR count). The Kier molecular flexibility index (Phi) is 4.70. The second-order valence-corrected chi connectivity index (χ2v) is 3.99. The van der Waals surface area contributed by atoms with E-state index in [1.54, 1.807) is 11.8 Å². The Morgan fingerprint density at radius 1 is 1.75 bits per heavy atom. The standard InChI is InChI=1S/C10H19N3O3/c1-7-5-13(8(2)12-7)10(16)11-4-3-9(15)6-14/h7,9,14-15H,3-6H2,1-2H3,(H,11,16)/t7?,9-/m0/s1. The van der Waals surface area contributed by atoms with Crippen LogP contribution < -0.4 is 5.32 Å². The highest BCUT2D eigenvalue weighted by molar-refractivity contribution is 5.97. The fourth-order valence-electron chi connectivity index (χ4n) is 1.59. The minimum Gasteiger partial charge on any atom is -0.394 e. The molecule has 3 N–H and O–H groups in total. The maximum Gasteiger partial charge on any atom is 0.322 e. The molecule has 92 valence electrons. The molecule has 0 aromatic rings. The van der Waals surface area contributed by atoms with Crippen LogP contribution in [0.4, 0.5) is 4.79 Å². The molecule has 2 atom stereocenters. The molecule has 0 fully saturated rings. The van der Waals surface area contributed by atoms with Crippen LogP contribution in [0.5, 0.6) is 0 Å². The molecule has 1 aliphatic heterocycles. The number of rotatable bonds is 4. The summed E-state index contributed by atoms with van der Waals surface area (Å²) in [7, 11) is 0. The SMILES string of the molecule is CC1=NC(C)CN1C(=O)NCC[C@H](O)CO. The summed E-state index contributed by atoms with van der Waals surface area (Å²) in [5.74, 6) is 0.715. The van der Waals surface area contributed by atoms with Gasteiger partial charge in [-0.25, -0.2) is 4.79 Å². The van der Waals surface area contributed by atoms with Crippen molar-refractivity contribution in [3.63, 3.8) is 0 Å². The number of amidine groups is 1. The molecule has 0 aliphatic carbocycles. The number of carbonyl (C=O) groups is 1. The van der Waals surface area contributed by atoms with Gasteiger partial charge in [-0.05, 0) is 20.3 Å². The first-order chi connectivity index (χ1) is 7.54. The first-order valence-corrected chi connectivity index (χ1v) is 5.43. The molecule has 16 heavy (non-hydrogen) atoms. The number of aliphatic hydroxyl groups is 2. The lowest BCUT2D eigenvalue weighted by atomic mass is 10.3. The van der Waals surface area contributed by atoms with E-state index in [9.17, 15) is 4.79 Å². The molecule has 0 aromatic carbocycles. The number of nitrogens with zero attached hydrogens (tertiary/aromatic N) is 2. The van der Waals surface area contributed by atoms with Crippen LogP contribution in [0.1, 0.15) is 20.3 Å². The molecule has 1 aliphatic rings. The maximum atomic E-state index is 11.7. The van der Waals surface area contributed by atoms with Crippen molar-refractivity contribution >= 4 is 11.9 Å². The Hall–Kier alpha value is -1.14. The van der Waals surface area contributed by atoms with Crippen LogP contribution in [0.2, 0.25) is 0 Å². The number of amides is 2. The van der Waals surface area contributed by atoms with Gasteiger partial charge in [0.15, 0.2) is 0 Å². The number of aliphatic imine (C=N–C) groups is 1. The van der Waals surface area contributed by atoms with Crippen molar-refractivity contribution in [2.24, 2.45) is 4.99 Å². The van der Waals surface area contributed by atoms with E-state index in [4.69, 9.17) is 10.2 Å². The molecule has 0 saturated carbocycles. The summed E-state index contributed by atoms with van der Waals surface area (Å²) in [6.45, 7) is 4.41. The summed E-state index contributed by atoms with van der Waals surface area (Å²) in [6.07, 6.45) is -0.422. The smallest absolute Gasteiger partial charge is 0.322 e. The molecule has 2 amide bonds. The summed E-state index contributed by atoms with van der Waals surface area (Å²) < 4.78 is 0. The van der Waals surface area contributed by atoms with Crippen LogP contribution in [0.3, 0.4) is 0 Å². The molecular weight excluding hydrogens is 210 g/mol. The molecule has 0 bridgehead atoms. The van der Waals surface area contributed by atoms with E-state index in [-0.39, 0.29) is 18.7 Å². The van der Waals surface area contributed by atoms with Crippen LogP contribution in [-0.4, -0.2) is 58.8 Å². The average molecular weight is 229 g/mol. The van der Waals surface area contributed by atoms with Gasteiger partial charge in [0.25, 0.3) is 0 Å². The Bertz CT molecular complexity index is 280. The minimum atomic E-state index is -0.771. The van der Waals surface area contributed by atoms with E-state index in [2.05, 4.69) is 10.3 Å². The topological polar surface area (TPSA) is 85.2 Å². The number of aliphatic hydroxyl groups excluding tert-OH is 2. The Morgan fingerprint density at radius 3 is 2.94 bits per heavy atom. The molecule has 0 saturated heterocycles. The van der Waals surface area contributed by atoms with E-state index in [0.29, 0.717) is 25.3 Å². The highest BCUT2D eigenvalue weighted by Crippen LogP contribution is 2.08. The summed E-state index contributed by atoms with van der Waals surface area (Å²) in [5.41, 5.74) is 0. The van der Waals surface area contributed by atoms with Crippen molar-refractivity contribution in [2.45, 2.75) is 32.4 Å². The Balaban J connectivity index is 2.29. The lowest BCUT2D eigenvalue weighted by Gasteiger charge is -2.17. The van der Waals surface area contributed by atoms with Crippen molar-refractivity contribution in [3.05, 3.63) is 0 Å². The minimum absolute atomic E-state index is 0.147. The van der Waals surface area contributed by atoms with Crippen LogP contribution in [0.15, 0.2) is 4.99 Å². The predicted octanol–water partition coefficient (Wildman–Crippen LogP) is -0.438. The first-order valence-electron chi connectivity index (χ1n) is 5.43. The molecule has 0 radical (unpaired) electrons. The van der Waals surface area contributed by atoms with Crippen LogP contribution >= 0.6 is 0 Å². The van der Waals surface area contributed by atoms with Gasteiger partial charge in [0.05, 0.1) is 25.3 Å². The lowest BCUT2D eigenvalue weighted by Crippen LogP contribution is -2.42. The van der Waals surface area contributed by atoms with Gasteiger partial charge in [0.1, 0.15) is 5.84 Å². The molecule has 6 nitrogen and oxygen atoms in total. The van der Waals surface area contributed by atoms with Crippen LogP contribution in [0.25, 0.3) is 0 Å². The van der Waals surface area contributed by atoms with Gasteiger partial charge >= 0.3 is 6.03 Å². The largest absolute Gasteiger partial charge is 0.394 e. The third kappa shape index (κ3) is 3.46. The van der Waals surface area contributed by atoms with Gasteiger partial charge in [0.2, 0.25) is 0 Å². The quantitative estimate of drug-likeness (QED) is 0.611. The van der Waals surface area contributed by atoms with Gasteiger partial charge in [-0.1, -0.05) is 0 Å². The van der Waals surface area contributed by atoms with E-state index in [1.165, 1.54) is 0 Å².